The maximum atomic E-state index is 14.4. The van der Waals surface area contributed by atoms with Gasteiger partial charge >= 0.3 is 0 Å². The number of halogens is 2. The van der Waals surface area contributed by atoms with E-state index in [1.165, 1.54) is 6.07 Å². The first-order chi connectivity index (χ1) is 17.2. The Morgan fingerprint density at radius 3 is 2.58 bits per heavy atom. The molecule has 0 radical (unpaired) electrons. The Labute approximate surface area is 205 Å². The zero-order chi connectivity index (χ0) is 24.8. The molecule has 5 aliphatic rings. The predicted molar refractivity (Wildman–Crippen MR) is 125 cm³/mol. The van der Waals surface area contributed by atoms with Gasteiger partial charge in [0.1, 0.15) is 28.7 Å². The number of rotatable bonds is 3. The molecule has 0 saturated heterocycles. The molecule has 4 aliphatic carbocycles. The van der Waals surface area contributed by atoms with Gasteiger partial charge in [0.2, 0.25) is 5.88 Å². The SMILES string of the molecule is N=c1[nH]c(C23CC4CC(CC(c5cccc([N+](=O)[O-])c5)(C4)C2)C3)nc2c1Cc1c(F)cc(F)cc1O2. The number of ether oxygens (including phenoxy) is 1. The second-order valence-electron chi connectivity index (χ2n) is 11.2. The number of nitrogens with one attached hydrogen (secondary N) is 2. The first-order valence-corrected chi connectivity index (χ1v) is 12.3. The molecule has 2 heterocycles. The minimum Gasteiger partial charge on any atom is -0.438 e. The van der Waals surface area contributed by atoms with E-state index in [1.54, 1.807) is 12.1 Å². The summed E-state index contributed by atoms with van der Waals surface area (Å²) in [6.45, 7) is 0. The van der Waals surface area contributed by atoms with Crippen LogP contribution in [0.1, 0.15) is 61.0 Å². The number of hydrogen-bond donors (Lipinski definition) is 2. The number of H-pyrrole nitrogens is 1. The molecule has 4 fully saturated rings. The first kappa shape index (κ1) is 21.6. The fourth-order valence-corrected chi connectivity index (χ4v) is 7.95. The van der Waals surface area contributed by atoms with Crippen molar-refractivity contribution in [2.45, 2.75) is 55.8 Å². The van der Waals surface area contributed by atoms with E-state index >= 15 is 0 Å². The number of aromatic nitrogens is 2. The largest absolute Gasteiger partial charge is 0.438 e. The Balaban J connectivity index is 1.31. The summed E-state index contributed by atoms with van der Waals surface area (Å²) < 4.78 is 34.1. The monoisotopic (exact) mass is 490 g/mol. The third-order valence-electron chi connectivity index (χ3n) is 8.93. The Kier molecular flexibility index (Phi) is 4.34. The molecule has 8 rings (SSSR count). The molecule has 2 unspecified atom stereocenters. The van der Waals surface area contributed by atoms with Crippen molar-refractivity contribution in [3.8, 4) is 11.6 Å². The van der Waals surface area contributed by atoms with Crippen molar-refractivity contribution in [3.63, 3.8) is 0 Å². The standard InChI is InChI=1S/C27H24F2N4O3/c28-17-6-21(29)19-8-20-23(30)31-25(32-24(20)36-22(19)7-17)27-11-14-4-15(12-27)10-26(9-14,13-27)16-2-1-3-18(5-16)33(34)35/h1-3,5-7,14-15H,4,8-13H2,(H2,30,31,32). The summed E-state index contributed by atoms with van der Waals surface area (Å²) in [4.78, 5) is 19.2. The molecule has 1 aliphatic heterocycles. The number of nitro benzene ring substituents is 1. The Bertz CT molecular complexity index is 1500. The molecule has 4 saturated carbocycles. The average Bonchev–Trinajstić information content (AvgIpc) is 2.82. The zero-order valence-electron chi connectivity index (χ0n) is 19.4. The highest BCUT2D eigenvalue weighted by Gasteiger charge is 2.60. The van der Waals surface area contributed by atoms with Gasteiger partial charge in [-0.2, -0.15) is 4.98 Å². The Hall–Kier alpha value is -3.62. The van der Waals surface area contributed by atoms with Crippen LogP contribution in [-0.4, -0.2) is 14.9 Å². The second-order valence-corrected chi connectivity index (χ2v) is 11.2. The van der Waals surface area contributed by atoms with E-state index in [0.717, 1.165) is 56.2 Å². The molecule has 2 aromatic carbocycles. The molecule has 3 aromatic rings. The lowest BCUT2D eigenvalue weighted by Crippen LogP contribution is -2.56. The van der Waals surface area contributed by atoms with E-state index in [4.69, 9.17) is 15.1 Å². The van der Waals surface area contributed by atoms with Gasteiger partial charge < -0.3 is 9.72 Å². The summed E-state index contributed by atoms with van der Waals surface area (Å²) in [6, 6.07) is 9.02. The topological polar surface area (TPSA) is 105 Å². The first-order valence-electron chi connectivity index (χ1n) is 12.3. The summed E-state index contributed by atoms with van der Waals surface area (Å²) in [5, 5.41) is 20.2. The Morgan fingerprint density at radius 2 is 1.83 bits per heavy atom. The quantitative estimate of drug-likeness (QED) is 0.290. The fourth-order valence-electron chi connectivity index (χ4n) is 7.95. The van der Waals surface area contributed by atoms with Gasteiger partial charge in [0.05, 0.1) is 10.5 Å². The number of aromatic amines is 1. The van der Waals surface area contributed by atoms with E-state index in [0.29, 0.717) is 23.2 Å². The molecule has 184 valence electrons. The molecule has 2 atom stereocenters. The minimum atomic E-state index is -0.719. The van der Waals surface area contributed by atoms with Crippen LogP contribution in [0, 0.1) is 39.0 Å². The van der Waals surface area contributed by atoms with Crippen LogP contribution in [0.25, 0.3) is 0 Å². The van der Waals surface area contributed by atoms with Gasteiger partial charge in [0.15, 0.2) is 0 Å². The maximum Gasteiger partial charge on any atom is 0.269 e. The molecule has 7 nitrogen and oxygen atoms in total. The smallest absolute Gasteiger partial charge is 0.269 e. The lowest BCUT2D eigenvalue weighted by molar-refractivity contribution is -0.385. The molecule has 9 heteroatoms. The third-order valence-corrected chi connectivity index (χ3v) is 8.93. The highest BCUT2D eigenvalue weighted by molar-refractivity contribution is 5.48. The van der Waals surface area contributed by atoms with Crippen molar-refractivity contribution >= 4 is 5.69 Å². The van der Waals surface area contributed by atoms with Crippen LogP contribution in [0.3, 0.4) is 0 Å². The number of benzene rings is 2. The van der Waals surface area contributed by atoms with Gasteiger partial charge in [0, 0.05) is 41.7 Å². The van der Waals surface area contributed by atoms with Gasteiger partial charge in [0.25, 0.3) is 5.69 Å². The predicted octanol–water partition coefficient (Wildman–Crippen LogP) is 5.56. The number of hydrogen-bond acceptors (Lipinski definition) is 5. The molecule has 1 aromatic heterocycles. The number of nitrogens with zero attached hydrogens (tertiary/aromatic N) is 2. The lowest BCUT2D eigenvalue weighted by Gasteiger charge is -2.62. The summed E-state index contributed by atoms with van der Waals surface area (Å²) in [7, 11) is 0. The average molecular weight is 491 g/mol. The van der Waals surface area contributed by atoms with Crippen molar-refractivity contribution in [1.82, 2.24) is 9.97 Å². The second kappa shape index (κ2) is 7.21. The molecule has 36 heavy (non-hydrogen) atoms. The van der Waals surface area contributed by atoms with Crippen LogP contribution in [-0.2, 0) is 17.3 Å². The fraction of sp³-hybridized carbons (Fsp3) is 0.407. The molecule has 0 spiro atoms. The molecule has 0 amide bonds. The van der Waals surface area contributed by atoms with Crippen molar-refractivity contribution in [2.24, 2.45) is 11.8 Å². The van der Waals surface area contributed by atoms with Crippen molar-refractivity contribution < 1.29 is 18.4 Å². The van der Waals surface area contributed by atoms with Crippen LogP contribution in [0.2, 0.25) is 0 Å². The van der Waals surface area contributed by atoms with Gasteiger partial charge in [-0.15, -0.1) is 0 Å². The molecular weight excluding hydrogens is 466 g/mol. The van der Waals surface area contributed by atoms with Crippen LogP contribution in [0.15, 0.2) is 36.4 Å². The summed E-state index contributed by atoms with van der Waals surface area (Å²) in [6.07, 6.45) is 5.88. The van der Waals surface area contributed by atoms with Gasteiger partial charge in [-0.3, -0.25) is 15.5 Å². The zero-order valence-corrected chi connectivity index (χ0v) is 19.4. The van der Waals surface area contributed by atoms with E-state index in [1.807, 2.05) is 6.07 Å². The van der Waals surface area contributed by atoms with E-state index in [2.05, 4.69) is 4.98 Å². The van der Waals surface area contributed by atoms with Crippen LogP contribution in [0.5, 0.6) is 11.6 Å². The number of fused-ring (bicyclic) bond motifs is 2. The highest BCUT2D eigenvalue weighted by Crippen LogP contribution is 2.66. The van der Waals surface area contributed by atoms with E-state index in [9.17, 15) is 18.9 Å². The van der Waals surface area contributed by atoms with Crippen molar-refractivity contribution in [2.75, 3.05) is 0 Å². The summed E-state index contributed by atoms with van der Waals surface area (Å²) >= 11 is 0. The summed E-state index contributed by atoms with van der Waals surface area (Å²) in [5.74, 6) is 0.527. The van der Waals surface area contributed by atoms with Gasteiger partial charge in [-0.1, -0.05) is 12.1 Å². The Morgan fingerprint density at radius 1 is 1.08 bits per heavy atom. The van der Waals surface area contributed by atoms with Gasteiger partial charge in [-0.05, 0) is 61.3 Å². The van der Waals surface area contributed by atoms with Gasteiger partial charge in [-0.25, -0.2) is 8.78 Å². The normalized spacial score (nSPS) is 29.4. The van der Waals surface area contributed by atoms with Crippen LogP contribution in [0.4, 0.5) is 14.5 Å². The van der Waals surface area contributed by atoms with Crippen LogP contribution >= 0.6 is 0 Å². The van der Waals surface area contributed by atoms with E-state index in [-0.39, 0.29) is 50.5 Å². The number of nitro groups is 1. The number of non-ortho nitro benzene ring substituents is 1. The maximum absolute atomic E-state index is 14.4. The molecule has 2 N–H and O–H groups in total. The molecule has 4 bridgehead atoms. The highest BCUT2D eigenvalue weighted by atomic mass is 19.1. The van der Waals surface area contributed by atoms with Crippen molar-refractivity contribution in [1.29, 1.82) is 5.41 Å². The van der Waals surface area contributed by atoms with Crippen molar-refractivity contribution in [3.05, 3.63) is 86.1 Å². The molecular formula is C27H24F2N4O3. The van der Waals surface area contributed by atoms with E-state index < -0.39 is 11.6 Å². The minimum absolute atomic E-state index is 0.0997. The summed E-state index contributed by atoms with van der Waals surface area (Å²) in [5.41, 5.74) is 1.44. The van der Waals surface area contributed by atoms with Crippen LogP contribution < -0.4 is 10.2 Å². The third kappa shape index (κ3) is 3.07. The lowest BCUT2D eigenvalue weighted by atomic mass is 9.42.